The van der Waals surface area contributed by atoms with Crippen LogP contribution < -0.4 is 4.90 Å². The molecule has 2 aromatic heterocycles. The van der Waals surface area contributed by atoms with Crippen LogP contribution in [0.15, 0.2) is 30.7 Å². The zero-order chi connectivity index (χ0) is 24.2. The first-order valence-corrected chi connectivity index (χ1v) is 12.2. The molecule has 9 nitrogen and oxygen atoms in total. The van der Waals surface area contributed by atoms with Gasteiger partial charge in [-0.3, -0.25) is 0 Å². The summed E-state index contributed by atoms with van der Waals surface area (Å²) in [5, 5.41) is 32.3. The topological polar surface area (TPSA) is 117 Å². The molecular formula is C25H27FN8O. The van der Waals surface area contributed by atoms with Gasteiger partial charge in [0, 0.05) is 17.7 Å². The van der Waals surface area contributed by atoms with Crippen molar-refractivity contribution in [1.82, 2.24) is 29.9 Å². The van der Waals surface area contributed by atoms with E-state index < -0.39 is 6.17 Å². The number of halogens is 1. The van der Waals surface area contributed by atoms with Gasteiger partial charge < -0.3 is 10.0 Å². The van der Waals surface area contributed by atoms with Gasteiger partial charge in [-0.25, -0.2) is 19.0 Å². The van der Waals surface area contributed by atoms with Gasteiger partial charge in [0.2, 0.25) is 5.95 Å². The number of rotatable bonds is 5. The molecule has 6 rings (SSSR count). The molecule has 2 heterocycles. The van der Waals surface area contributed by atoms with Crippen molar-refractivity contribution in [1.29, 1.82) is 5.26 Å². The summed E-state index contributed by atoms with van der Waals surface area (Å²) in [7, 11) is 0. The van der Waals surface area contributed by atoms with E-state index in [0.717, 1.165) is 44.9 Å². The second-order valence-electron chi connectivity index (χ2n) is 10.5. The standard InChI is InChI=1S/C25H27FN8O/c1-25-8-2-3-15(10-25)23(26)20(11-25)34(16-4-5-16)24-28-13-19(30-31-24)18-7-6-17(9-21(18)35)33-14-29-22(12-27)32-33/h6-7,9,13-16,20,23,35H,2-5,8,10-11H2,1H3/t15-,20+,23-,25-/m1/s1. The molecule has 0 radical (unpaired) electrons. The quantitative estimate of drug-likeness (QED) is 0.590. The van der Waals surface area contributed by atoms with Gasteiger partial charge >= 0.3 is 0 Å². The first kappa shape index (κ1) is 21.9. The highest BCUT2D eigenvalue weighted by atomic mass is 19.1. The third kappa shape index (κ3) is 3.99. The van der Waals surface area contributed by atoms with Crippen LogP contribution in [0.3, 0.4) is 0 Å². The molecule has 1 N–H and O–H groups in total. The van der Waals surface area contributed by atoms with Gasteiger partial charge in [-0.15, -0.1) is 15.3 Å². The van der Waals surface area contributed by atoms with Crippen molar-refractivity contribution in [3.05, 3.63) is 36.5 Å². The van der Waals surface area contributed by atoms with E-state index in [0.29, 0.717) is 22.9 Å². The Morgan fingerprint density at radius 1 is 1.20 bits per heavy atom. The Labute approximate surface area is 202 Å². The van der Waals surface area contributed by atoms with E-state index in [1.54, 1.807) is 18.3 Å². The number of anilines is 1. The highest BCUT2D eigenvalue weighted by Crippen LogP contribution is 2.52. The number of hydrogen-bond donors (Lipinski definition) is 1. The van der Waals surface area contributed by atoms with E-state index in [-0.39, 0.29) is 35.0 Å². The predicted octanol–water partition coefficient (Wildman–Crippen LogP) is 3.97. The summed E-state index contributed by atoms with van der Waals surface area (Å²) in [4.78, 5) is 10.6. The van der Waals surface area contributed by atoms with Crippen LogP contribution >= 0.6 is 0 Å². The van der Waals surface area contributed by atoms with Gasteiger partial charge in [0.1, 0.15) is 30.0 Å². The third-order valence-electron chi connectivity index (χ3n) is 7.82. The van der Waals surface area contributed by atoms with Crippen molar-refractivity contribution in [3.8, 4) is 28.8 Å². The van der Waals surface area contributed by atoms with Crippen molar-refractivity contribution >= 4 is 5.95 Å². The molecule has 3 saturated carbocycles. The highest BCUT2D eigenvalue weighted by Gasteiger charge is 2.51. The number of phenolic OH excluding ortho intramolecular Hbond substituents is 1. The lowest BCUT2D eigenvalue weighted by Gasteiger charge is -2.51. The Hall–Kier alpha value is -3.61. The second-order valence-corrected chi connectivity index (χ2v) is 10.5. The summed E-state index contributed by atoms with van der Waals surface area (Å²) in [6.45, 7) is 2.30. The van der Waals surface area contributed by atoms with Crippen LogP contribution in [0.4, 0.5) is 10.3 Å². The van der Waals surface area contributed by atoms with Crippen molar-refractivity contribution in [2.24, 2.45) is 11.3 Å². The smallest absolute Gasteiger partial charge is 0.252 e. The van der Waals surface area contributed by atoms with Gasteiger partial charge in [-0.05, 0) is 62.0 Å². The highest BCUT2D eigenvalue weighted by molar-refractivity contribution is 5.68. The van der Waals surface area contributed by atoms with Crippen LogP contribution in [-0.2, 0) is 0 Å². The van der Waals surface area contributed by atoms with E-state index >= 15 is 4.39 Å². The summed E-state index contributed by atoms with van der Waals surface area (Å²) in [6, 6.07) is 6.89. The summed E-state index contributed by atoms with van der Waals surface area (Å²) < 4.78 is 17.0. The van der Waals surface area contributed by atoms with E-state index in [1.165, 1.54) is 17.1 Å². The van der Waals surface area contributed by atoms with Gasteiger partial charge in [0.05, 0.1) is 17.9 Å². The molecule has 3 aliphatic carbocycles. The molecule has 0 spiro atoms. The van der Waals surface area contributed by atoms with Crippen molar-refractivity contribution in [2.45, 2.75) is 70.1 Å². The number of phenols is 1. The van der Waals surface area contributed by atoms with Crippen molar-refractivity contribution < 1.29 is 9.50 Å². The number of alkyl halides is 1. The SMILES string of the molecule is C[C@@]12CCC[C@H](C1)[C@@H](F)[C@@H](N(c1ncc(-c3ccc(-n4cnc(C#N)n4)cc3O)nn1)C1CC1)C2. The Bertz CT molecular complexity index is 1280. The van der Waals surface area contributed by atoms with Crippen LogP contribution in [-0.4, -0.2) is 53.3 Å². The maximum Gasteiger partial charge on any atom is 0.252 e. The molecule has 0 saturated heterocycles. The van der Waals surface area contributed by atoms with E-state index in [1.807, 2.05) is 6.07 Å². The molecule has 35 heavy (non-hydrogen) atoms. The Balaban J connectivity index is 1.26. The van der Waals surface area contributed by atoms with Gasteiger partial charge in [0.25, 0.3) is 5.82 Å². The monoisotopic (exact) mass is 474 g/mol. The molecule has 0 aliphatic heterocycles. The molecular weight excluding hydrogens is 447 g/mol. The van der Waals surface area contributed by atoms with E-state index in [9.17, 15) is 5.11 Å². The maximum atomic E-state index is 15.6. The number of benzene rings is 1. The van der Waals surface area contributed by atoms with Crippen molar-refractivity contribution in [3.63, 3.8) is 0 Å². The van der Waals surface area contributed by atoms with E-state index in [2.05, 4.69) is 37.1 Å². The second kappa shape index (κ2) is 8.26. The van der Waals surface area contributed by atoms with Crippen LogP contribution in [0, 0.1) is 22.7 Å². The minimum Gasteiger partial charge on any atom is -0.507 e. The Kier molecular flexibility index (Phi) is 5.16. The Morgan fingerprint density at radius 2 is 2.06 bits per heavy atom. The fourth-order valence-electron chi connectivity index (χ4n) is 6.03. The molecule has 3 fully saturated rings. The van der Waals surface area contributed by atoms with Crippen LogP contribution in [0.5, 0.6) is 5.75 Å². The zero-order valence-electron chi connectivity index (χ0n) is 19.5. The van der Waals surface area contributed by atoms with Crippen LogP contribution in [0.1, 0.15) is 57.7 Å². The maximum absolute atomic E-state index is 15.6. The number of nitrogens with zero attached hydrogens (tertiary/aromatic N) is 8. The molecule has 3 aliphatic rings. The zero-order valence-corrected chi connectivity index (χ0v) is 19.5. The first-order valence-electron chi connectivity index (χ1n) is 12.2. The van der Waals surface area contributed by atoms with Crippen LogP contribution in [0.2, 0.25) is 0 Å². The van der Waals surface area contributed by atoms with Crippen LogP contribution in [0.25, 0.3) is 16.9 Å². The average molecular weight is 475 g/mol. The number of fused-ring (bicyclic) bond motifs is 2. The van der Waals surface area contributed by atoms with Crippen molar-refractivity contribution in [2.75, 3.05) is 4.90 Å². The largest absolute Gasteiger partial charge is 0.507 e. The lowest BCUT2D eigenvalue weighted by atomic mass is 9.60. The Morgan fingerprint density at radius 3 is 2.74 bits per heavy atom. The third-order valence-corrected chi connectivity index (χ3v) is 7.82. The summed E-state index contributed by atoms with van der Waals surface area (Å²) >= 11 is 0. The molecule has 10 heteroatoms. The average Bonchev–Trinajstić information content (AvgIpc) is 3.57. The molecule has 4 atom stereocenters. The predicted molar refractivity (Wildman–Crippen MR) is 125 cm³/mol. The minimum atomic E-state index is -0.873. The number of aromatic nitrogens is 6. The van der Waals surface area contributed by atoms with Gasteiger partial charge in [-0.1, -0.05) is 13.3 Å². The molecule has 3 aromatic rings. The summed E-state index contributed by atoms with van der Waals surface area (Å²) in [5.41, 5.74) is 1.64. The molecule has 0 amide bonds. The molecule has 180 valence electrons. The normalized spacial score (nSPS) is 27.9. The number of nitriles is 1. The van der Waals surface area contributed by atoms with Gasteiger partial charge in [0.15, 0.2) is 0 Å². The minimum absolute atomic E-state index is 0.0174. The molecule has 2 bridgehead atoms. The van der Waals surface area contributed by atoms with Gasteiger partial charge in [-0.2, -0.15) is 5.26 Å². The fraction of sp³-hybridized carbons (Fsp3) is 0.520. The fourth-order valence-corrected chi connectivity index (χ4v) is 6.03. The van der Waals surface area contributed by atoms with E-state index in [4.69, 9.17) is 5.26 Å². The first-order chi connectivity index (χ1) is 16.9. The molecule has 1 aromatic carbocycles. The number of aromatic hydroxyl groups is 1. The summed E-state index contributed by atoms with van der Waals surface area (Å²) in [6.07, 6.45) is 9.21. The number of hydrogen-bond acceptors (Lipinski definition) is 8. The lowest BCUT2D eigenvalue weighted by Crippen LogP contribution is -2.54. The molecule has 0 unspecified atom stereocenters. The lowest BCUT2D eigenvalue weighted by molar-refractivity contribution is 0.00923. The summed E-state index contributed by atoms with van der Waals surface area (Å²) in [5.74, 6) is 0.614.